The standard InChI is InChI=1S/C12H10BrClN2OS/c13-10-3-1-7(15)5-9(10)12(17)16-6-8-2-4-11(14)18-8/h1-5H,6,15H2,(H,16,17). The van der Waals surface area contributed by atoms with E-state index < -0.39 is 0 Å². The second kappa shape index (κ2) is 5.73. The number of thiophene rings is 1. The third kappa shape index (κ3) is 3.25. The molecule has 18 heavy (non-hydrogen) atoms. The van der Waals surface area contributed by atoms with E-state index in [1.165, 1.54) is 11.3 Å². The quantitative estimate of drug-likeness (QED) is 0.834. The van der Waals surface area contributed by atoms with Crippen molar-refractivity contribution in [3.63, 3.8) is 0 Å². The molecule has 0 fully saturated rings. The van der Waals surface area contributed by atoms with Gasteiger partial charge >= 0.3 is 0 Å². The lowest BCUT2D eigenvalue weighted by Gasteiger charge is -2.06. The van der Waals surface area contributed by atoms with E-state index in [1.807, 2.05) is 12.1 Å². The first-order chi connectivity index (χ1) is 8.56. The Morgan fingerprint density at radius 1 is 1.39 bits per heavy atom. The summed E-state index contributed by atoms with van der Waals surface area (Å²) in [6.07, 6.45) is 0. The molecule has 2 aromatic rings. The highest BCUT2D eigenvalue weighted by Gasteiger charge is 2.10. The fourth-order valence-electron chi connectivity index (χ4n) is 1.43. The molecule has 3 N–H and O–H groups in total. The summed E-state index contributed by atoms with van der Waals surface area (Å²) >= 11 is 10.6. The Labute approximate surface area is 122 Å². The number of nitrogens with one attached hydrogen (secondary N) is 1. The van der Waals surface area contributed by atoms with Crippen LogP contribution < -0.4 is 11.1 Å². The smallest absolute Gasteiger partial charge is 0.252 e. The number of hydrogen-bond donors (Lipinski definition) is 2. The minimum absolute atomic E-state index is 0.168. The van der Waals surface area contributed by atoms with E-state index >= 15 is 0 Å². The summed E-state index contributed by atoms with van der Waals surface area (Å²) in [6, 6.07) is 8.83. The topological polar surface area (TPSA) is 55.1 Å². The van der Waals surface area contributed by atoms with Gasteiger partial charge in [0.25, 0.3) is 5.91 Å². The zero-order valence-electron chi connectivity index (χ0n) is 9.24. The predicted octanol–water partition coefficient (Wildman–Crippen LogP) is 3.68. The molecule has 1 amide bonds. The van der Waals surface area contributed by atoms with Gasteiger partial charge in [-0.3, -0.25) is 4.79 Å². The Hall–Kier alpha value is -1.04. The molecule has 0 bridgehead atoms. The average molecular weight is 346 g/mol. The number of carbonyl (C=O) groups excluding carboxylic acids is 1. The summed E-state index contributed by atoms with van der Waals surface area (Å²) in [5.41, 5.74) is 6.74. The Kier molecular flexibility index (Phi) is 4.27. The molecular weight excluding hydrogens is 336 g/mol. The molecule has 0 unspecified atom stereocenters. The van der Waals surface area contributed by atoms with Gasteiger partial charge in [-0.15, -0.1) is 11.3 Å². The molecule has 94 valence electrons. The van der Waals surface area contributed by atoms with Crippen LogP contribution >= 0.6 is 38.9 Å². The molecule has 6 heteroatoms. The number of nitrogen functional groups attached to an aromatic ring is 1. The molecule has 3 nitrogen and oxygen atoms in total. The van der Waals surface area contributed by atoms with Crippen LogP contribution in [0.2, 0.25) is 4.34 Å². The predicted molar refractivity (Wildman–Crippen MR) is 79.1 cm³/mol. The molecular formula is C12H10BrClN2OS. The largest absolute Gasteiger partial charge is 0.399 e. The number of nitrogens with two attached hydrogens (primary N) is 1. The highest BCUT2D eigenvalue weighted by molar-refractivity contribution is 9.10. The van der Waals surface area contributed by atoms with Gasteiger partial charge in [-0.1, -0.05) is 11.6 Å². The lowest BCUT2D eigenvalue weighted by atomic mass is 10.2. The molecule has 0 atom stereocenters. The van der Waals surface area contributed by atoms with E-state index in [4.69, 9.17) is 17.3 Å². The number of anilines is 1. The van der Waals surface area contributed by atoms with Crippen LogP contribution in [0.3, 0.4) is 0 Å². The van der Waals surface area contributed by atoms with Crippen molar-refractivity contribution in [1.29, 1.82) is 0 Å². The van der Waals surface area contributed by atoms with Gasteiger partial charge in [-0.2, -0.15) is 0 Å². The molecule has 0 spiro atoms. The van der Waals surface area contributed by atoms with Crippen molar-refractivity contribution in [2.45, 2.75) is 6.54 Å². The van der Waals surface area contributed by atoms with Crippen LogP contribution in [-0.4, -0.2) is 5.91 Å². The molecule has 0 aliphatic rings. The average Bonchev–Trinajstić information content (AvgIpc) is 2.75. The summed E-state index contributed by atoms with van der Waals surface area (Å²) in [5.74, 6) is -0.168. The first-order valence-corrected chi connectivity index (χ1v) is 7.12. The van der Waals surface area contributed by atoms with Crippen LogP contribution in [0, 0.1) is 0 Å². The highest BCUT2D eigenvalue weighted by Crippen LogP contribution is 2.22. The SMILES string of the molecule is Nc1ccc(Br)c(C(=O)NCc2ccc(Cl)s2)c1. The molecule has 0 saturated carbocycles. The van der Waals surface area contributed by atoms with Crippen LogP contribution in [0.4, 0.5) is 5.69 Å². The third-order valence-electron chi connectivity index (χ3n) is 2.29. The molecule has 0 aliphatic heterocycles. The number of rotatable bonds is 3. The molecule has 1 heterocycles. The number of benzene rings is 1. The summed E-state index contributed by atoms with van der Waals surface area (Å²) in [6.45, 7) is 0.456. The number of carbonyl (C=O) groups is 1. The lowest BCUT2D eigenvalue weighted by Crippen LogP contribution is -2.22. The van der Waals surface area contributed by atoms with Crippen LogP contribution in [0.5, 0.6) is 0 Å². The minimum atomic E-state index is -0.168. The molecule has 0 saturated heterocycles. The maximum Gasteiger partial charge on any atom is 0.252 e. The van der Waals surface area contributed by atoms with Crippen LogP contribution in [0.1, 0.15) is 15.2 Å². The van der Waals surface area contributed by atoms with Crippen molar-refractivity contribution < 1.29 is 4.79 Å². The Balaban J connectivity index is 2.05. The second-order valence-corrected chi connectivity index (χ2v) is 6.28. The molecule has 1 aromatic heterocycles. The van der Waals surface area contributed by atoms with E-state index in [2.05, 4.69) is 21.2 Å². The summed E-state index contributed by atoms with van der Waals surface area (Å²) in [5, 5.41) is 2.82. The third-order valence-corrected chi connectivity index (χ3v) is 4.21. The van der Waals surface area contributed by atoms with E-state index in [0.29, 0.717) is 22.1 Å². The van der Waals surface area contributed by atoms with Gasteiger partial charge in [0.15, 0.2) is 0 Å². The van der Waals surface area contributed by atoms with Crippen molar-refractivity contribution in [2.75, 3.05) is 5.73 Å². The van der Waals surface area contributed by atoms with Gasteiger partial charge in [0.05, 0.1) is 16.4 Å². The highest BCUT2D eigenvalue weighted by atomic mass is 79.9. The number of hydrogen-bond acceptors (Lipinski definition) is 3. The van der Waals surface area contributed by atoms with Crippen LogP contribution in [0.25, 0.3) is 0 Å². The molecule has 0 radical (unpaired) electrons. The van der Waals surface area contributed by atoms with Crippen molar-refractivity contribution in [3.8, 4) is 0 Å². The Morgan fingerprint density at radius 3 is 2.83 bits per heavy atom. The van der Waals surface area contributed by atoms with Crippen molar-refractivity contribution >= 4 is 50.5 Å². The molecule has 2 rings (SSSR count). The van der Waals surface area contributed by atoms with E-state index in [1.54, 1.807) is 18.2 Å². The normalized spacial score (nSPS) is 10.3. The summed E-state index contributed by atoms with van der Waals surface area (Å²) in [7, 11) is 0. The fraction of sp³-hybridized carbons (Fsp3) is 0.0833. The second-order valence-electron chi connectivity index (χ2n) is 3.63. The van der Waals surface area contributed by atoms with Crippen molar-refractivity contribution in [3.05, 3.63) is 49.6 Å². The monoisotopic (exact) mass is 344 g/mol. The molecule has 1 aromatic carbocycles. The zero-order chi connectivity index (χ0) is 13.1. The first kappa shape index (κ1) is 13.4. The van der Waals surface area contributed by atoms with Gasteiger partial charge in [0, 0.05) is 15.0 Å². The molecule has 0 aliphatic carbocycles. The van der Waals surface area contributed by atoms with E-state index in [9.17, 15) is 4.79 Å². The lowest BCUT2D eigenvalue weighted by molar-refractivity contribution is 0.0950. The van der Waals surface area contributed by atoms with Gasteiger partial charge < -0.3 is 11.1 Å². The van der Waals surface area contributed by atoms with Crippen LogP contribution in [0.15, 0.2) is 34.8 Å². The van der Waals surface area contributed by atoms with Crippen molar-refractivity contribution in [2.24, 2.45) is 0 Å². The first-order valence-electron chi connectivity index (χ1n) is 5.13. The van der Waals surface area contributed by atoms with E-state index in [-0.39, 0.29) is 5.91 Å². The fourth-order valence-corrected chi connectivity index (χ4v) is 2.88. The summed E-state index contributed by atoms with van der Waals surface area (Å²) in [4.78, 5) is 13.0. The number of halogens is 2. The van der Waals surface area contributed by atoms with Gasteiger partial charge in [-0.05, 0) is 46.3 Å². The Bertz CT molecular complexity index is 585. The maximum atomic E-state index is 12.0. The zero-order valence-corrected chi connectivity index (χ0v) is 12.4. The summed E-state index contributed by atoms with van der Waals surface area (Å²) < 4.78 is 1.43. The Morgan fingerprint density at radius 2 is 2.17 bits per heavy atom. The van der Waals surface area contributed by atoms with Gasteiger partial charge in [-0.25, -0.2) is 0 Å². The minimum Gasteiger partial charge on any atom is -0.399 e. The van der Waals surface area contributed by atoms with Crippen LogP contribution in [-0.2, 0) is 6.54 Å². The number of amides is 1. The van der Waals surface area contributed by atoms with Crippen molar-refractivity contribution in [1.82, 2.24) is 5.32 Å². The van der Waals surface area contributed by atoms with E-state index in [0.717, 1.165) is 9.35 Å². The maximum absolute atomic E-state index is 12.0. The van der Waals surface area contributed by atoms with Gasteiger partial charge in [0.1, 0.15) is 0 Å². The van der Waals surface area contributed by atoms with Gasteiger partial charge in [0.2, 0.25) is 0 Å².